The Balaban J connectivity index is 2.94. The second-order valence-corrected chi connectivity index (χ2v) is 5.35. The van der Waals surface area contributed by atoms with E-state index in [0.29, 0.717) is 22.9 Å². The molecule has 0 saturated heterocycles. The number of hydrogen-bond donors (Lipinski definition) is 2. The third-order valence-corrected chi connectivity index (χ3v) is 4.03. The van der Waals surface area contributed by atoms with Gasteiger partial charge in [0.1, 0.15) is 0 Å². The Morgan fingerprint density at radius 2 is 1.84 bits per heavy atom. The van der Waals surface area contributed by atoms with Crippen molar-refractivity contribution in [2.45, 2.75) is 38.6 Å². The number of carboxylic acid groups (broad SMARTS) is 1. The highest BCUT2D eigenvalue weighted by molar-refractivity contribution is 9.10. The lowest BCUT2D eigenvalue weighted by molar-refractivity contribution is -0.138. The molecule has 0 aliphatic rings. The van der Waals surface area contributed by atoms with E-state index in [1.54, 1.807) is 18.2 Å². The van der Waals surface area contributed by atoms with E-state index < -0.39 is 11.5 Å². The molecule has 0 aliphatic carbocycles. The van der Waals surface area contributed by atoms with Crippen LogP contribution in [0.4, 0.5) is 0 Å². The smallest absolute Gasteiger partial charge is 0.305 e. The second-order valence-electron chi connectivity index (χ2n) is 4.49. The standard InChI is InChI=1S/C14H18BrNO3/c1-3-14(4-2,9-12(17)18)16-13(19)10-7-5-6-8-11(10)15/h5-8H,3-4,9H2,1-2H3,(H,16,19)(H,17,18). The van der Waals surface area contributed by atoms with Gasteiger partial charge in [0.2, 0.25) is 0 Å². The van der Waals surface area contributed by atoms with Gasteiger partial charge in [0.15, 0.2) is 0 Å². The highest BCUT2D eigenvalue weighted by atomic mass is 79.9. The van der Waals surface area contributed by atoms with Crippen molar-refractivity contribution in [1.29, 1.82) is 0 Å². The summed E-state index contributed by atoms with van der Waals surface area (Å²) in [5, 5.41) is 11.9. The first kappa shape index (κ1) is 15.7. The number of aliphatic carboxylic acids is 1. The molecule has 0 fully saturated rings. The number of rotatable bonds is 6. The Bertz CT molecular complexity index is 470. The summed E-state index contributed by atoms with van der Waals surface area (Å²) in [5.41, 5.74) is -0.183. The minimum absolute atomic E-state index is 0.0732. The van der Waals surface area contributed by atoms with Gasteiger partial charge in [-0.3, -0.25) is 9.59 Å². The zero-order valence-corrected chi connectivity index (χ0v) is 12.7. The van der Waals surface area contributed by atoms with Crippen molar-refractivity contribution in [1.82, 2.24) is 5.32 Å². The van der Waals surface area contributed by atoms with E-state index in [1.165, 1.54) is 0 Å². The van der Waals surface area contributed by atoms with E-state index in [9.17, 15) is 9.59 Å². The van der Waals surface area contributed by atoms with Crippen LogP contribution >= 0.6 is 15.9 Å². The van der Waals surface area contributed by atoms with Crippen LogP contribution in [0.15, 0.2) is 28.7 Å². The second kappa shape index (κ2) is 6.70. The molecule has 4 nitrogen and oxygen atoms in total. The molecule has 5 heteroatoms. The van der Waals surface area contributed by atoms with Gasteiger partial charge < -0.3 is 10.4 Å². The highest BCUT2D eigenvalue weighted by Gasteiger charge is 2.31. The van der Waals surface area contributed by atoms with Crippen molar-refractivity contribution in [3.63, 3.8) is 0 Å². The Morgan fingerprint density at radius 3 is 2.32 bits per heavy atom. The monoisotopic (exact) mass is 327 g/mol. The lowest BCUT2D eigenvalue weighted by Crippen LogP contribution is -2.49. The number of carboxylic acids is 1. The predicted molar refractivity (Wildman–Crippen MR) is 77.2 cm³/mol. The summed E-state index contributed by atoms with van der Waals surface area (Å²) in [6.07, 6.45) is 1.08. The summed E-state index contributed by atoms with van der Waals surface area (Å²) in [5.74, 6) is -1.16. The zero-order chi connectivity index (χ0) is 14.5. The Labute approximate surface area is 121 Å². The van der Waals surface area contributed by atoms with Crippen molar-refractivity contribution in [3.05, 3.63) is 34.3 Å². The maximum atomic E-state index is 12.2. The number of halogens is 1. The summed E-state index contributed by atoms with van der Waals surface area (Å²) in [4.78, 5) is 23.2. The lowest BCUT2D eigenvalue weighted by atomic mass is 9.88. The van der Waals surface area contributed by atoms with Crippen LogP contribution in [0.2, 0.25) is 0 Å². The quantitative estimate of drug-likeness (QED) is 0.843. The SMILES string of the molecule is CCC(CC)(CC(=O)O)NC(=O)c1ccccc1Br. The molecule has 0 spiro atoms. The number of hydrogen-bond acceptors (Lipinski definition) is 2. The van der Waals surface area contributed by atoms with Crippen molar-refractivity contribution < 1.29 is 14.7 Å². The summed E-state index contributed by atoms with van der Waals surface area (Å²) in [6.45, 7) is 3.76. The van der Waals surface area contributed by atoms with E-state index in [2.05, 4.69) is 21.2 Å². The molecule has 0 unspecified atom stereocenters. The van der Waals surface area contributed by atoms with Gasteiger partial charge in [0, 0.05) is 4.47 Å². The maximum Gasteiger partial charge on any atom is 0.305 e. The fourth-order valence-electron chi connectivity index (χ4n) is 1.96. The molecule has 1 aromatic rings. The van der Waals surface area contributed by atoms with Gasteiger partial charge in [-0.2, -0.15) is 0 Å². The van der Waals surface area contributed by atoms with Crippen molar-refractivity contribution >= 4 is 27.8 Å². The van der Waals surface area contributed by atoms with Crippen LogP contribution in [0.5, 0.6) is 0 Å². The Kier molecular flexibility index (Phi) is 5.54. The molecule has 0 saturated carbocycles. The fourth-order valence-corrected chi connectivity index (χ4v) is 2.43. The van der Waals surface area contributed by atoms with E-state index in [-0.39, 0.29) is 12.3 Å². The Morgan fingerprint density at radius 1 is 1.26 bits per heavy atom. The number of nitrogens with one attached hydrogen (secondary N) is 1. The third kappa shape index (κ3) is 4.06. The molecule has 0 aromatic heterocycles. The minimum Gasteiger partial charge on any atom is -0.481 e. The average Bonchev–Trinajstić information content (AvgIpc) is 2.37. The fraction of sp³-hybridized carbons (Fsp3) is 0.429. The summed E-state index contributed by atoms with van der Waals surface area (Å²) in [7, 11) is 0. The van der Waals surface area contributed by atoms with Gasteiger partial charge in [0.05, 0.1) is 17.5 Å². The van der Waals surface area contributed by atoms with Gasteiger partial charge in [-0.15, -0.1) is 0 Å². The van der Waals surface area contributed by atoms with Gasteiger partial charge in [0.25, 0.3) is 5.91 Å². The lowest BCUT2D eigenvalue weighted by Gasteiger charge is -2.31. The molecular formula is C14H18BrNO3. The molecular weight excluding hydrogens is 310 g/mol. The molecule has 0 atom stereocenters. The highest BCUT2D eigenvalue weighted by Crippen LogP contribution is 2.22. The molecule has 2 N–H and O–H groups in total. The maximum absolute atomic E-state index is 12.2. The van der Waals surface area contributed by atoms with Crippen molar-refractivity contribution in [3.8, 4) is 0 Å². The number of benzene rings is 1. The first-order chi connectivity index (χ1) is 8.94. The number of amides is 1. The molecule has 0 heterocycles. The molecule has 19 heavy (non-hydrogen) atoms. The minimum atomic E-state index is -0.906. The largest absolute Gasteiger partial charge is 0.481 e. The van der Waals surface area contributed by atoms with E-state index in [0.717, 1.165) is 0 Å². The molecule has 1 amide bonds. The van der Waals surface area contributed by atoms with Crippen molar-refractivity contribution in [2.75, 3.05) is 0 Å². The van der Waals surface area contributed by atoms with Gasteiger partial charge >= 0.3 is 5.97 Å². The van der Waals surface area contributed by atoms with Gasteiger partial charge in [-0.1, -0.05) is 26.0 Å². The first-order valence-corrected chi connectivity index (χ1v) is 7.02. The van der Waals surface area contributed by atoms with Crippen LogP contribution in [-0.4, -0.2) is 22.5 Å². The van der Waals surface area contributed by atoms with Crippen molar-refractivity contribution in [2.24, 2.45) is 0 Å². The van der Waals surface area contributed by atoms with E-state index >= 15 is 0 Å². The first-order valence-electron chi connectivity index (χ1n) is 6.23. The normalized spacial score (nSPS) is 11.1. The van der Waals surface area contributed by atoms with E-state index in [4.69, 9.17) is 5.11 Å². The van der Waals surface area contributed by atoms with E-state index in [1.807, 2.05) is 19.9 Å². The molecule has 1 aromatic carbocycles. The van der Waals surface area contributed by atoms with Crippen LogP contribution in [0.1, 0.15) is 43.5 Å². The van der Waals surface area contributed by atoms with Crippen LogP contribution in [0, 0.1) is 0 Å². The summed E-state index contributed by atoms with van der Waals surface area (Å²) < 4.78 is 0.698. The summed E-state index contributed by atoms with van der Waals surface area (Å²) >= 11 is 3.32. The van der Waals surface area contributed by atoms with Crippen LogP contribution in [-0.2, 0) is 4.79 Å². The van der Waals surface area contributed by atoms with Crippen LogP contribution in [0.25, 0.3) is 0 Å². The van der Waals surface area contributed by atoms with Crippen LogP contribution in [0.3, 0.4) is 0 Å². The average molecular weight is 328 g/mol. The molecule has 104 valence electrons. The molecule has 0 radical (unpaired) electrons. The Hall–Kier alpha value is -1.36. The molecule has 0 bridgehead atoms. The zero-order valence-electron chi connectivity index (χ0n) is 11.1. The summed E-state index contributed by atoms with van der Waals surface area (Å²) in [6, 6.07) is 7.09. The third-order valence-electron chi connectivity index (χ3n) is 3.34. The molecule has 0 aliphatic heterocycles. The number of carbonyl (C=O) groups is 2. The van der Waals surface area contributed by atoms with Gasteiger partial charge in [-0.25, -0.2) is 0 Å². The van der Waals surface area contributed by atoms with Crippen LogP contribution < -0.4 is 5.32 Å². The topological polar surface area (TPSA) is 66.4 Å². The molecule has 1 rings (SSSR count). The number of carbonyl (C=O) groups excluding carboxylic acids is 1. The predicted octanol–water partition coefficient (Wildman–Crippen LogP) is 3.21. The van der Waals surface area contributed by atoms with Gasteiger partial charge in [-0.05, 0) is 40.9 Å².